The van der Waals surface area contributed by atoms with Gasteiger partial charge in [-0.3, -0.25) is 0 Å². The molecule has 2 N–H and O–H groups in total. The third-order valence-corrected chi connectivity index (χ3v) is 4.30. The van der Waals surface area contributed by atoms with E-state index in [0.717, 1.165) is 18.5 Å². The maximum atomic E-state index is 12.6. The summed E-state index contributed by atoms with van der Waals surface area (Å²) in [4.78, 5) is 24.1. The smallest absolute Gasteiger partial charge is 0.344 e. The number of nitrogens with zero attached hydrogens (tertiary/aromatic N) is 4. The van der Waals surface area contributed by atoms with Crippen LogP contribution >= 0.6 is 0 Å². The lowest BCUT2D eigenvalue weighted by molar-refractivity contribution is 0.0391. The van der Waals surface area contributed by atoms with Crippen LogP contribution in [0.2, 0.25) is 0 Å². The molecule has 0 fully saturated rings. The molecule has 2 aromatic heterocycles. The number of nitrogens with two attached hydrogens (primary N) is 1. The lowest BCUT2D eigenvalue weighted by atomic mass is 10.2. The third-order valence-electron chi connectivity index (χ3n) is 4.30. The Morgan fingerprint density at radius 3 is 2.56 bits per heavy atom. The molecule has 0 atom stereocenters. The number of methoxy groups -OCH3 is 1. The molecule has 0 saturated heterocycles. The van der Waals surface area contributed by atoms with Crippen LogP contribution in [0.4, 0.5) is 5.82 Å². The van der Waals surface area contributed by atoms with Gasteiger partial charge >= 0.3 is 5.97 Å². The molecule has 27 heavy (non-hydrogen) atoms. The highest BCUT2D eigenvalue weighted by atomic mass is 16.6. The Labute approximate surface area is 157 Å². The van der Waals surface area contributed by atoms with Crippen molar-refractivity contribution < 1.29 is 14.3 Å². The summed E-state index contributed by atoms with van der Waals surface area (Å²) in [5.41, 5.74) is 9.15. The molecule has 3 rings (SSSR count). The number of aryl methyl sites for hydroxylation is 1. The van der Waals surface area contributed by atoms with Crippen molar-refractivity contribution >= 4 is 34.0 Å². The molecule has 0 saturated carbocycles. The molecule has 2 heterocycles. The number of carbonyl (C=O) groups is 1. The van der Waals surface area contributed by atoms with Crippen molar-refractivity contribution in [3.05, 3.63) is 29.8 Å². The fourth-order valence-corrected chi connectivity index (χ4v) is 2.98. The van der Waals surface area contributed by atoms with Crippen molar-refractivity contribution in [2.24, 2.45) is 0 Å². The summed E-state index contributed by atoms with van der Waals surface area (Å²) in [7, 11) is 5.59. The van der Waals surface area contributed by atoms with Crippen molar-refractivity contribution in [3.63, 3.8) is 0 Å². The maximum Gasteiger partial charge on any atom is 0.344 e. The van der Waals surface area contributed by atoms with Gasteiger partial charge < -0.3 is 24.7 Å². The zero-order chi connectivity index (χ0) is 19.4. The summed E-state index contributed by atoms with van der Waals surface area (Å²) < 4.78 is 12.1. The van der Waals surface area contributed by atoms with Crippen LogP contribution in [0.25, 0.3) is 22.2 Å². The highest BCUT2D eigenvalue weighted by Gasteiger charge is 2.25. The summed E-state index contributed by atoms with van der Waals surface area (Å²) >= 11 is 0. The van der Waals surface area contributed by atoms with Gasteiger partial charge in [0.15, 0.2) is 5.65 Å². The van der Waals surface area contributed by atoms with Crippen molar-refractivity contribution in [1.82, 2.24) is 19.4 Å². The van der Waals surface area contributed by atoms with E-state index in [1.165, 1.54) is 0 Å². The molecule has 8 nitrogen and oxygen atoms in total. The Hall–Kier alpha value is -2.71. The van der Waals surface area contributed by atoms with Gasteiger partial charge in [0, 0.05) is 13.7 Å². The van der Waals surface area contributed by atoms with Crippen LogP contribution in [0.1, 0.15) is 16.8 Å². The number of aromatic nitrogens is 3. The van der Waals surface area contributed by atoms with E-state index in [1.807, 2.05) is 42.9 Å². The number of ether oxygens (including phenoxy) is 2. The van der Waals surface area contributed by atoms with E-state index in [2.05, 4.69) is 9.88 Å². The highest BCUT2D eigenvalue weighted by Crippen LogP contribution is 2.28. The summed E-state index contributed by atoms with van der Waals surface area (Å²) in [5.74, 6) is -0.174. The number of hydrogen-bond acceptors (Lipinski definition) is 7. The Morgan fingerprint density at radius 2 is 1.89 bits per heavy atom. The monoisotopic (exact) mass is 371 g/mol. The zero-order valence-corrected chi connectivity index (χ0v) is 15.9. The van der Waals surface area contributed by atoms with Crippen LogP contribution < -0.4 is 5.73 Å². The van der Waals surface area contributed by atoms with Crippen LogP contribution in [-0.4, -0.2) is 66.4 Å². The van der Waals surface area contributed by atoms with Crippen molar-refractivity contribution in [1.29, 1.82) is 0 Å². The molecule has 3 aromatic rings. The molecule has 8 heteroatoms. The second kappa shape index (κ2) is 8.32. The maximum absolute atomic E-state index is 12.6. The number of fused-ring (bicyclic) bond motifs is 2. The molecule has 0 radical (unpaired) electrons. The van der Waals surface area contributed by atoms with Crippen LogP contribution in [0.5, 0.6) is 0 Å². The number of para-hydroxylation sites is 2. The normalized spacial score (nSPS) is 11.6. The van der Waals surface area contributed by atoms with Gasteiger partial charge in [0.05, 0.1) is 17.6 Å². The van der Waals surface area contributed by atoms with Gasteiger partial charge in [-0.1, -0.05) is 12.1 Å². The molecular weight excluding hydrogens is 346 g/mol. The number of hydrogen-bond donors (Lipinski definition) is 1. The standard InChI is InChI=1S/C19H25N5O3/c1-23(2)9-6-10-24-17(20)15(19(25)27-12-11-26-3)16-18(24)22-14-8-5-4-7-13(14)21-16/h4-5,7-8H,6,9-12,20H2,1-3H3. The topological polar surface area (TPSA) is 95.5 Å². The Kier molecular flexibility index (Phi) is 5.88. The van der Waals surface area contributed by atoms with Crippen molar-refractivity contribution in [3.8, 4) is 0 Å². The molecule has 0 aliphatic rings. The minimum atomic E-state index is -0.509. The molecule has 0 amide bonds. The van der Waals surface area contributed by atoms with E-state index in [4.69, 9.17) is 20.2 Å². The highest BCUT2D eigenvalue weighted by molar-refractivity contribution is 6.08. The number of benzene rings is 1. The Morgan fingerprint density at radius 1 is 1.19 bits per heavy atom. The van der Waals surface area contributed by atoms with E-state index < -0.39 is 5.97 Å². The largest absolute Gasteiger partial charge is 0.459 e. The van der Waals surface area contributed by atoms with Crippen molar-refractivity contribution in [2.75, 3.05) is 46.7 Å². The number of carbonyl (C=O) groups excluding carboxylic acids is 1. The molecular formula is C19H25N5O3. The second-order valence-corrected chi connectivity index (χ2v) is 6.58. The van der Waals surface area contributed by atoms with E-state index in [9.17, 15) is 4.79 Å². The summed E-state index contributed by atoms with van der Waals surface area (Å²) in [6, 6.07) is 7.55. The first-order valence-corrected chi connectivity index (χ1v) is 8.88. The average Bonchev–Trinajstić information content (AvgIpc) is 2.91. The first-order valence-electron chi connectivity index (χ1n) is 8.88. The van der Waals surface area contributed by atoms with Gasteiger partial charge in [-0.2, -0.15) is 0 Å². The first kappa shape index (κ1) is 19.1. The fourth-order valence-electron chi connectivity index (χ4n) is 2.98. The van der Waals surface area contributed by atoms with Gasteiger partial charge in [0.2, 0.25) is 0 Å². The van der Waals surface area contributed by atoms with Crippen LogP contribution in [0.15, 0.2) is 24.3 Å². The summed E-state index contributed by atoms with van der Waals surface area (Å²) in [6.07, 6.45) is 0.869. The predicted molar refractivity (Wildman–Crippen MR) is 105 cm³/mol. The van der Waals surface area contributed by atoms with Crippen molar-refractivity contribution in [2.45, 2.75) is 13.0 Å². The lowest BCUT2D eigenvalue weighted by Crippen LogP contribution is -2.16. The van der Waals surface area contributed by atoms with E-state index in [0.29, 0.717) is 35.7 Å². The summed E-state index contributed by atoms with van der Waals surface area (Å²) in [5, 5.41) is 0. The third kappa shape index (κ3) is 4.01. The molecule has 0 bridgehead atoms. The SMILES string of the molecule is COCCOC(=O)c1c(N)n(CCCN(C)C)c2nc3ccccc3nc12. The first-order chi connectivity index (χ1) is 13.0. The average molecular weight is 371 g/mol. The summed E-state index contributed by atoms with van der Waals surface area (Å²) in [6.45, 7) is 2.01. The number of nitrogen functional groups attached to an aromatic ring is 1. The number of esters is 1. The van der Waals surface area contributed by atoms with Gasteiger partial charge in [-0.15, -0.1) is 0 Å². The van der Waals surface area contributed by atoms with Gasteiger partial charge in [0.1, 0.15) is 23.5 Å². The zero-order valence-electron chi connectivity index (χ0n) is 15.9. The number of rotatable bonds is 8. The van der Waals surface area contributed by atoms with Gasteiger partial charge in [-0.05, 0) is 39.2 Å². The molecule has 0 unspecified atom stereocenters. The fraction of sp³-hybridized carbons (Fsp3) is 0.421. The Balaban J connectivity index is 2.07. The molecule has 144 valence electrons. The molecule has 0 aliphatic carbocycles. The van der Waals surface area contributed by atoms with Crippen LogP contribution in [0.3, 0.4) is 0 Å². The Bertz CT molecular complexity index is 951. The van der Waals surface area contributed by atoms with Crippen LogP contribution in [-0.2, 0) is 16.0 Å². The van der Waals surface area contributed by atoms with Crippen LogP contribution in [0, 0.1) is 0 Å². The molecule has 1 aromatic carbocycles. The minimum absolute atomic E-state index is 0.156. The van der Waals surface area contributed by atoms with E-state index >= 15 is 0 Å². The number of anilines is 1. The lowest BCUT2D eigenvalue weighted by Gasteiger charge is -2.11. The quantitative estimate of drug-likeness (QED) is 0.477. The molecule has 0 aliphatic heterocycles. The predicted octanol–water partition coefficient (Wildman–Crippen LogP) is 1.92. The van der Waals surface area contributed by atoms with Gasteiger partial charge in [-0.25, -0.2) is 14.8 Å². The molecule has 0 spiro atoms. The minimum Gasteiger partial charge on any atom is -0.459 e. The van der Waals surface area contributed by atoms with Gasteiger partial charge in [0.25, 0.3) is 0 Å². The van der Waals surface area contributed by atoms with E-state index in [1.54, 1.807) is 7.11 Å². The van der Waals surface area contributed by atoms with E-state index in [-0.39, 0.29) is 12.2 Å². The second-order valence-electron chi connectivity index (χ2n) is 6.58.